The smallest absolute Gasteiger partial charge is 0.337 e. The Morgan fingerprint density at radius 3 is 2.71 bits per heavy atom. The molecule has 0 N–H and O–H groups in total. The van der Waals surface area contributed by atoms with Crippen LogP contribution in [0, 0.1) is 0 Å². The first-order chi connectivity index (χ1) is 13.2. The first-order valence-electron chi connectivity index (χ1n) is 9.25. The number of piperidine rings is 1. The van der Waals surface area contributed by atoms with Crippen LogP contribution in [0.2, 0.25) is 0 Å². The van der Waals surface area contributed by atoms with Crippen molar-refractivity contribution in [1.82, 2.24) is 24.2 Å². The Balaban J connectivity index is 1.58. The fourth-order valence-electron chi connectivity index (χ4n) is 4.16. The number of aryl methyl sites for hydroxylation is 2. The molecule has 28 heavy (non-hydrogen) atoms. The summed E-state index contributed by atoms with van der Waals surface area (Å²) in [7, 11) is 1.17. The van der Waals surface area contributed by atoms with E-state index < -0.39 is 17.8 Å². The molecule has 0 aromatic carbocycles. The van der Waals surface area contributed by atoms with Gasteiger partial charge in [0.1, 0.15) is 11.5 Å². The van der Waals surface area contributed by atoms with E-state index in [4.69, 9.17) is 0 Å². The highest BCUT2D eigenvalue weighted by molar-refractivity contribution is 5.92. The molecule has 2 aliphatic heterocycles. The number of carbonyl (C=O) groups is 1. The van der Waals surface area contributed by atoms with Gasteiger partial charge >= 0.3 is 6.18 Å². The van der Waals surface area contributed by atoms with Crippen LogP contribution < -0.4 is 5.56 Å². The van der Waals surface area contributed by atoms with Gasteiger partial charge in [-0.2, -0.15) is 23.3 Å². The Labute approximate surface area is 158 Å². The summed E-state index contributed by atoms with van der Waals surface area (Å²) in [5, 5.41) is 3.76. The van der Waals surface area contributed by atoms with Crippen molar-refractivity contribution in [3.63, 3.8) is 0 Å². The van der Waals surface area contributed by atoms with Crippen molar-refractivity contribution in [3.8, 4) is 0 Å². The Kier molecular flexibility index (Phi) is 4.51. The van der Waals surface area contributed by atoms with Gasteiger partial charge in [-0.25, -0.2) is 0 Å². The zero-order valence-corrected chi connectivity index (χ0v) is 15.4. The number of halogens is 3. The number of aromatic nitrogens is 4. The normalized spacial score (nSPS) is 19.7. The number of alkyl halides is 3. The molecule has 10 heteroatoms. The lowest BCUT2D eigenvalue weighted by Crippen LogP contribution is -2.40. The molecular formula is C18H20F3N5O2. The van der Waals surface area contributed by atoms with Crippen molar-refractivity contribution >= 4 is 5.91 Å². The molecule has 4 heterocycles. The molecule has 0 spiro atoms. The number of hydrogen-bond donors (Lipinski definition) is 0. The van der Waals surface area contributed by atoms with Crippen LogP contribution in [0.5, 0.6) is 0 Å². The van der Waals surface area contributed by atoms with Gasteiger partial charge < -0.3 is 9.47 Å². The summed E-state index contributed by atoms with van der Waals surface area (Å²) in [5.74, 6) is 0.204. The van der Waals surface area contributed by atoms with Crippen LogP contribution in [0.1, 0.15) is 52.9 Å². The topological polar surface area (TPSA) is 73.0 Å². The average molecular weight is 395 g/mol. The van der Waals surface area contributed by atoms with Gasteiger partial charge in [0.05, 0.1) is 0 Å². The average Bonchev–Trinajstić information content (AvgIpc) is 3.26. The standard InChI is InChI=1S/C18H20F3N5O2/c1-24-14(18(19,20)21)8-12(23-24)17(28)25-6-2-4-11(10-25)13-9-16(27)22-15-5-3-7-26(13)15/h8-9,11H,2-7,10H2,1H3/t11-/m1/s1. The zero-order chi connectivity index (χ0) is 20.1. The molecule has 0 aliphatic carbocycles. The Hall–Kier alpha value is -2.65. The molecule has 4 rings (SSSR count). The molecule has 1 saturated heterocycles. The minimum absolute atomic E-state index is 0.0453. The highest BCUT2D eigenvalue weighted by Gasteiger charge is 2.37. The monoisotopic (exact) mass is 395 g/mol. The zero-order valence-electron chi connectivity index (χ0n) is 15.4. The molecule has 1 fully saturated rings. The third kappa shape index (κ3) is 3.31. The molecule has 0 radical (unpaired) electrons. The van der Waals surface area contributed by atoms with E-state index in [1.807, 2.05) is 4.57 Å². The Morgan fingerprint density at radius 2 is 2.00 bits per heavy atom. The summed E-state index contributed by atoms with van der Waals surface area (Å²) in [4.78, 5) is 30.3. The largest absolute Gasteiger partial charge is 0.433 e. The third-order valence-electron chi connectivity index (χ3n) is 5.43. The SMILES string of the molecule is Cn1nc(C(=O)N2CCC[C@@H](c3cc(=O)nc4n3CCC4)C2)cc1C(F)(F)F. The summed E-state index contributed by atoms with van der Waals surface area (Å²) >= 11 is 0. The quantitative estimate of drug-likeness (QED) is 0.779. The lowest BCUT2D eigenvalue weighted by Gasteiger charge is -2.33. The molecule has 150 valence electrons. The molecule has 1 amide bonds. The van der Waals surface area contributed by atoms with Crippen LogP contribution in [0.25, 0.3) is 0 Å². The highest BCUT2D eigenvalue weighted by atomic mass is 19.4. The van der Waals surface area contributed by atoms with Gasteiger partial charge in [0, 0.05) is 56.8 Å². The predicted octanol–water partition coefficient (Wildman–Crippen LogP) is 1.96. The predicted molar refractivity (Wildman–Crippen MR) is 92.9 cm³/mol. The van der Waals surface area contributed by atoms with Crippen molar-refractivity contribution in [2.45, 2.75) is 44.3 Å². The molecule has 2 aromatic heterocycles. The van der Waals surface area contributed by atoms with Crippen molar-refractivity contribution in [3.05, 3.63) is 45.4 Å². The lowest BCUT2D eigenvalue weighted by molar-refractivity contribution is -0.143. The first-order valence-corrected chi connectivity index (χ1v) is 9.25. The minimum atomic E-state index is -4.57. The molecule has 0 unspecified atom stereocenters. The summed E-state index contributed by atoms with van der Waals surface area (Å²) in [6.07, 6.45) is -1.37. The van der Waals surface area contributed by atoms with E-state index in [9.17, 15) is 22.8 Å². The minimum Gasteiger partial charge on any atom is -0.337 e. The maximum absolute atomic E-state index is 13.0. The molecule has 0 saturated carbocycles. The Morgan fingerprint density at radius 1 is 1.21 bits per heavy atom. The number of carbonyl (C=O) groups excluding carboxylic acids is 1. The van der Waals surface area contributed by atoms with Gasteiger partial charge in [0.15, 0.2) is 5.69 Å². The van der Waals surface area contributed by atoms with Crippen molar-refractivity contribution in [2.24, 2.45) is 7.05 Å². The second kappa shape index (κ2) is 6.75. The van der Waals surface area contributed by atoms with E-state index in [1.165, 1.54) is 18.0 Å². The fourth-order valence-corrected chi connectivity index (χ4v) is 4.16. The maximum atomic E-state index is 13.0. The number of fused-ring (bicyclic) bond motifs is 1. The third-order valence-corrected chi connectivity index (χ3v) is 5.43. The van der Waals surface area contributed by atoms with E-state index >= 15 is 0 Å². The van der Waals surface area contributed by atoms with E-state index in [2.05, 4.69) is 10.1 Å². The number of amides is 1. The number of rotatable bonds is 2. The number of likely N-dealkylation sites (tertiary alicyclic amines) is 1. The van der Waals surface area contributed by atoms with Crippen LogP contribution in [0.3, 0.4) is 0 Å². The van der Waals surface area contributed by atoms with Crippen LogP contribution in [-0.2, 0) is 26.2 Å². The lowest BCUT2D eigenvalue weighted by atomic mass is 9.94. The van der Waals surface area contributed by atoms with Crippen LogP contribution in [-0.4, -0.2) is 43.2 Å². The van der Waals surface area contributed by atoms with E-state index in [0.717, 1.165) is 43.4 Å². The van der Waals surface area contributed by atoms with Gasteiger partial charge in [0.25, 0.3) is 11.5 Å². The molecular weight excluding hydrogens is 375 g/mol. The van der Waals surface area contributed by atoms with Crippen molar-refractivity contribution in [2.75, 3.05) is 13.1 Å². The molecule has 2 aliphatic rings. The Bertz CT molecular complexity index is 979. The van der Waals surface area contributed by atoms with Gasteiger partial charge in [-0.15, -0.1) is 0 Å². The summed E-state index contributed by atoms with van der Waals surface area (Å²) in [6, 6.07) is 2.32. The molecule has 2 aromatic rings. The fraction of sp³-hybridized carbons (Fsp3) is 0.556. The molecule has 1 atom stereocenters. The molecule has 0 bridgehead atoms. The van der Waals surface area contributed by atoms with Crippen LogP contribution in [0.4, 0.5) is 13.2 Å². The van der Waals surface area contributed by atoms with Gasteiger partial charge in [-0.3, -0.25) is 14.3 Å². The number of nitrogens with zero attached hydrogens (tertiary/aromatic N) is 5. The number of hydrogen-bond acceptors (Lipinski definition) is 4. The van der Waals surface area contributed by atoms with E-state index in [-0.39, 0.29) is 17.2 Å². The summed E-state index contributed by atoms with van der Waals surface area (Å²) in [5.41, 5.74) is -0.594. The van der Waals surface area contributed by atoms with Gasteiger partial charge in [-0.1, -0.05) is 0 Å². The summed E-state index contributed by atoms with van der Waals surface area (Å²) in [6.45, 7) is 1.59. The molecule has 7 nitrogen and oxygen atoms in total. The van der Waals surface area contributed by atoms with E-state index in [1.54, 1.807) is 0 Å². The van der Waals surface area contributed by atoms with Crippen molar-refractivity contribution < 1.29 is 18.0 Å². The second-order valence-electron chi connectivity index (χ2n) is 7.32. The van der Waals surface area contributed by atoms with Crippen LogP contribution >= 0.6 is 0 Å². The van der Waals surface area contributed by atoms with Crippen LogP contribution in [0.15, 0.2) is 16.9 Å². The maximum Gasteiger partial charge on any atom is 0.433 e. The summed E-state index contributed by atoms with van der Waals surface area (Å²) < 4.78 is 41.7. The van der Waals surface area contributed by atoms with Gasteiger partial charge in [-0.05, 0) is 19.3 Å². The van der Waals surface area contributed by atoms with Crippen molar-refractivity contribution in [1.29, 1.82) is 0 Å². The van der Waals surface area contributed by atoms with Gasteiger partial charge in [0.2, 0.25) is 0 Å². The highest BCUT2D eigenvalue weighted by Crippen LogP contribution is 2.31. The first kappa shape index (κ1) is 18.7. The van der Waals surface area contributed by atoms with E-state index in [0.29, 0.717) is 24.2 Å². The second-order valence-corrected chi connectivity index (χ2v) is 7.32.